The summed E-state index contributed by atoms with van der Waals surface area (Å²) >= 11 is 0. The van der Waals surface area contributed by atoms with Gasteiger partial charge in [0.2, 0.25) is 5.91 Å². The average Bonchev–Trinajstić information content (AvgIpc) is 2.57. The van der Waals surface area contributed by atoms with Crippen LogP contribution in [-0.4, -0.2) is 25.6 Å². The van der Waals surface area contributed by atoms with E-state index in [9.17, 15) is 4.79 Å². The Balaban J connectivity index is 1.78. The highest BCUT2D eigenvalue weighted by Gasteiger charge is 2.15. The van der Waals surface area contributed by atoms with Crippen molar-refractivity contribution in [1.82, 2.24) is 5.32 Å². The molecule has 0 radical (unpaired) electrons. The smallest absolute Gasteiger partial charge is 0.224 e. The molecule has 0 unspecified atom stereocenters. The largest absolute Gasteiger partial charge is 0.494 e. The lowest BCUT2D eigenvalue weighted by Crippen LogP contribution is -2.28. The Kier molecular flexibility index (Phi) is 7.40. The highest BCUT2D eigenvalue weighted by molar-refractivity contribution is 5.91. The van der Waals surface area contributed by atoms with Crippen LogP contribution in [0, 0.1) is 12.8 Å². The van der Waals surface area contributed by atoms with E-state index in [2.05, 4.69) is 17.6 Å². The minimum atomic E-state index is 0.117. The quantitative estimate of drug-likeness (QED) is 0.715. The van der Waals surface area contributed by atoms with Crippen LogP contribution in [-0.2, 0) is 4.79 Å². The van der Waals surface area contributed by atoms with Crippen LogP contribution in [0.5, 0.6) is 5.75 Å². The summed E-state index contributed by atoms with van der Waals surface area (Å²) in [4.78, 5) is 12.1. The summed E-state index contributed by atoms with van der Waals surface area (Å²) in [5.41, 5.74) is 1.94. The number of carbonyl (C=O) groups excluding carboxylic acids is 1. The maximum Gasteiger partial charge on any atom is 0.224 e. The van der Waals surface area contributed by atoms with E-state index in [1.165, 1.54) is 12.8 Å². The van der Waals surface area contributed by atoms with Gasteiger partial charge in [0.1, 0.15) is 5.75 Å². The van der Waals surface area contributed by atoms with Gasteiger partial charge in [-0.05, 0) is 75.4 Å². The molecule has 0 aliphatic carbocycles. The van der Waals surface area contributed by atoms with Crippen LogP contribution in [0.25, 0.3) is 0 Å². The number of unbranched alkanes of at least 4 members (excludes halogenated alkanes) is 1. The van der Waals surface area contributed by atoms with Crippen LogP contribution in [0.3, 0.4) is 0 Å². The lowest BCUT2D eigenvalue weighted by molar-refractivity contribution is -0.116. The van der Waals surface area contributed by atoms with Gasteiger partial charge in [0.25, 0.3) is 0 Å². The first-order valence-electron chi connectivity index (χ1n) is 8.93. The number of aryl methyl sites for hydroxylation is 1. The minimum absolute atomic E-state index is 0.117. The van der Waals surface area contributed by atoms with Gasteiger partial charge in [-0.1, -0.05) is 13.3 Å². The standard InChI is InChI=1S/C19H30N2O2/c1-3-4-13-23-17-6-7-18(15(2)14-17)21-19(22)8-5-16-9-11-20-12-10-16/h6-7,14,16,20H,3-5,8-13H2,1-2H3,(H,21,22). The van der Waals surface area contributed by atoms with E-state index in [4.69, 9.17) is 4.74 Å². The van der Waals surface area contributed by atoms with Gasteiger partial charge in [-0.25, -0.2) is 0 Å². The summed E-state index contributed by atoms with van der Waals surface area (Å²) in [6, 6.07) is 5.88. The van der Waals surface area contributed by atoms with Crippen molar-refractivity contribution >= 4 is 11.6 Å². The third-order valence-corrected chi connectivity index (χ3v) is 4.48. The van der Waals surface area contributed by atoms with Crippen molar-refractivity contribution in [1.29, 1.82) is 0 Å². The molecule has 2 rings (SSSR count). The summed E-state index contributed by atoms with van der Waals surface area (Å²) in [7, 11) is 0. The number of amides is 1. The third-order valence-electron chi connectivity index (χ3n) is 4.48. The van der Waals surface area contributed by atoms with Crippen LogP contribution in [0.15, 0.2) is 18.2 Å². The van der Waals surface area contributed by atoms with Crippen molar-refractivity contribution < 1.29 is 9.53 Å². The van der Waals surface area contributed by atoms with Crippen molar-refractivity contribution in [2.75, 3.05) is 25.0 Å². The lowest BCUT2D eigenvalue weighted by Gasteiger charge is -2.22. The zero-order valence-electron chi connectivity index (χ0n) is 14.5. The summed E-state index contributed by atoms with van der Waals surface area (Å²) < 4.78 is 5.70. The van der Waals surface area contributed by atoms with Crippen molar-refractivity contribution in [2.24, 2.45) is 5.92 Å². The lowest BCUT2D eigenvalue weighted by atomic mass is 9.93. The van der Waals surface area contributed by atoms with Crippen LogP contribution in [0.2, 0.25) is 0 Å². The van der Waals surface area contributed by atoms with Crippen LogP contribution in [0.4, 0.5) is 5.69 Å². The first-order chi connectivity index (χ1) is 11.2. The van der Waals surface area contributed by atoms with Gasteiger partial charge in [-0.15, -0.1) is 0 Å². The van der Waals surface area contributed by atoms with E-state index >= 15 is 0 Å². The topological polar surface area (TPSA) is 50.4 Å². The molecule has 1 heterocycles. The van der Waals surface area contributed by atoms with Crippen molar-refractivity contribution in [3.8, 4) is 5.75 Å². The van der Waals surface area contributed by atoms with Gasteiger partial charge in [0.05, 0.1) is 6.61 Å². The number of carbonyl (C=O) groups is 1. The Morgan fingerprint density at radius 3 is 2.83 bits per heavy atom. The molecular formula is C19H30N2O2. The number of benzene rings is 1. The fraction of sp³-hybridized carbons (Fsp3) is 0.632. The fourth-order valence-corrected chi connectivity index (χ4v) is 2.92. The number of ether oxygens (including phenoxy) is 1. The molecule has 4 nitrogen and oxygen atoms in total. The predicted molar refractivity (Wildman–Crippen MR) is 95.0 cm³/mol. The van der Waals surface area contributed by atoms with Gasteiger partial charge >= 0.3 is 0 Å². The first kappa shape index (κ1) is 17.8. The van der Waals surface area contributed by atoms with E-state index in [0.29, 0.717) is 12.3 Å². The average molecular weight is 318 g/mol. The fourth-order valence-electron chi connectivity index (χ4n) is 2.92. The van der Waals surface area contributed by atoms with Crippen LogP contribution < -0.4 is 15.4 Å². The molecule has 1 aromatic carbocycles. The monoisotopic (exact) mass is 318 g/mol. The molecular weight excluding hydrogens is 288 g/mol. The molecule has 0 bridgehead atoms. The number of rotatable bonds is 8. The molecule has 1 fully saturated rings. The van der Waals surface area contributed by atoms with Crippen molar-refractivity contribution in [3.63, 3.8) is 0 Å². The maximum absolute atomic E-state index is 12.1. The highest BCUT2D eigenvalue weighted by atomic mass is 16.5. The molecule has 1 aliphatic heterocycles. The molecule has 128 valence electrons. The van der Waals surface area contributed by atoms with Crippen LogP contribution in [0.1, 0.15) is 51.0 Å². The van der Waals surface area contributed by atoms with Crippen molar-refractivity contribution in [3.05, 3.63) is 23.8 Å². The number of piperidine rings is 1. The molecule has 1 amide bonds. The van der Waals surface area contributed by atoms with Gasteiger partial charge in [0, 0.05) is 12.1 Å². The van der Waals surface area contributed by atoms with Crippen molar-refractivity contribution in [2.45, 2.75) is 52.4 Å². The third kappa shape index (κ3) is 6.22. The summed E-state index contributed by atoms with van der Waals surface area (Å²) in [6.07, 6.45) is 6.17. The molecule has 0 atom stereocenters. The second-order valence-corrected chi connectivity index (χ2v) is 6.46. The van der Waals surface area contributed by atoms with Gasteiger partial charge < -0.3 is 15.4 Å². The molecule has 0 saturated carbocycles. The Bertz CT molecular complexity index is 496. The second kappa shape index (κ2) is 9.56. The Morgan fingerprint density at radius 1 is 1.35 bits per heavy atom. The molecule has 1 saturated heterocycles. The van der Waals surface area contributed by atoms with Crippen LogP contribution >= 0.6 is 0 Å². The van der Waals surface area contributed by atoms with E-state index in [1.54, 1.807) is 0 Å². The molecule has 1 aliphatic rings. The second-order valence-electron chi connectivity index (χ2n) is 6.46. The van der Waals surface area contributed by atoms with E-state index < -0.39 is 0 Å². The minimum Gasteiger partial charge on any atom is -0.494 e. The number of hydrogen-bond donors (Lipinski definition) is 2. The van der Waals surface area contributed by atoms with E-state index in [0.717, 1.165) is 56.0 Å². The Morgan fingerprint density at radius 2 is 2.13 bits per heavy atom. The Labute approximate surface area is 140 Å². The van der Waals surface area contributed by atoms with Gasteiger partial charge in [0.15, 0.2) is 0 Å². The number of anilines is 1. The number of hydrogen-bond acceptors (Lipinski definition) is 3. The molecule has 2 N–H and O–H groups in total. The molecule has 1 aromatic rings. The normalized spacial score (nSPS) is 15.4. The zero-order chi connectivity index (χ0) is 16.5. The SMILES string of the molecule is CCCCOc1ccc(NC(=O)CCC2CCNCC2)c(C)c1. The molecule has 23 heavy (non-hydrogen) atoms. The Hall–Kier alpha value is -1.55. The maximum atomic E-state index is 12.1. The predicted octanol–water partition coefficient (Wildman–Crippen LogP) is 3.89. The van der Waals surface area contributed by atoms with Gasteiger partial charge in [-0.2, -0.15) is 0 Å². The van der Waals surface area contributed by atoms with E-state index in [1.807, 2.05) is 25.1 Å². The zero-order valence-corrected chi connectivity index (χ0v) is 14.5. The molecule has 0 spiro atoms. The number of nitrogens with one attached hydrogen (secondary N) is 2. The summed E-state index contributed by atoms with van der Waals surface area (Å²) in [5.74, 6) is 1.69. The summed E-state index contributed by atoms with van der Waals surface area (Å²) in [5, 5.41) is 6.39. The first-order valence-corrected chi connectivity index (χ1v) is 8.93. The summed E-state index contributed by atoms with van der Waals surface area (Å²) in [6.45, 7) is 7.08. The van der Waals surface area contributed by atoms with E-state index in [-0.39, 0.29) is 5.91 Å². The molecule has 0 aromatic heterocycles. The molecule has 4 heteroatoms. The van der Waals surface area contributed by atoms with Gasteiger partial charge in [-0.3, -0.25) is 4.79 Å². The highest BCUT2D eigenvalue weighted by Crippen LogP contribution is 2.23.